The topological polar surface area (TPSA) is 126 Å². The van der Waals surface area contributed by atoms with Crippen molar-refractivity contribution in [3.63, 3.8) is 0 Å². The fourth-order valence-corrected chi connectivity index (χ4v) is 13.6. The van der Waals surface area contributed by atoms with E-state index in [-0.39, 0.29) is 50.3 Å². The Morgan fingerprint density at radius 2 is 1.30 bits per heavy atom. The van der Waals surface area contributed by atoms with Crippen LogP contribution in [0, 0.1) is 0 Å². The third-order valence-corrected chi connectivity index (χ3v) is 30.2. The van der Waals surface area contributed by atoms with Gasteiger partial charge in [-0.15, -0.1) is 0 Å². The molecular weight excluding hydrogens is 777 g/mol. The summed E-state index contributed by atoms with van der Waals surface area (Å²) in [6.07, 6.45) is -1.29. The molecule has 1 aromatic heterocycles. The highest BCUT2D eigenvalue weighted by Gasteiger charge is 2.69. The average Bonchev–Trinajstić information content (AvgIpc) is 3.28. The van der Waals surface area contributed by atoms with Crippen LogP contribution in [0.5, 0.6) is 5.88 Å². The molecule has 1 N–H and O–H groups in total. The molecule has 4 atom stereocenters. The molecule has 1 saturated heterocycles. The predicted molar refractivity (Wildman–Crippen MR) is 236 cm³/mol. The van der Waals surface area contributed by atoms with Crippen LogP contribution in [0.15, 0.2) is 34.1 Å². The predicted octanol–water partition coefficient (Wildman–Crippen LogP) is 10.5. The van der Waals surface area contributed by atoms with Gasteiger partial charge in [-0.1, -0.05) is 129 Å². The summed E-state index contributed by atoms with van der Waals surface area (Å²) < 4.78 is 56.3. The van der Waals surface area contributed by atoms with E-state index in [1.165, 1.54) is 16.8 Å². The van der Waals surface area contributed by atoms with Crippen molar-refractivity contribution < 1.29 is 31.3 Å². The van der Waals surface area contributed by atoms with Crippen LogP contribution in [-0.2, 0) is 23.7 Å². The van der Waals surface area contributed by atoms with Crippen molar-refractivity contribution in [3.8, 4) is 5.88 Å². The summed E-state index contributed by atoms with van der Waals surface area (Å²) in [7, 11) is -12.2. The summed E-state index contributed by atoms with van der Waals surface area (Å²) >= 11 is 0. The molecule has 1 fully saturated rings. The zero-order valence-corrected chi connectivity index (χ0v) is 42.4. The van der Waals surface area contributed by atoms with Gasteiger partial charge in [-0.25, -0.2) is 4.79 Å². The van der Waals surface area contributed by atoms with Crippen LogP contribution in [0.25, 0.3) is 0 Å². The van der Waals surface area contributed by atoms with Crippen molar-refractivity contribution in [2.75, 3.05) is 6.61 Å². The van der Waals surface area contributed by atoms with E-state index in [1.807, 2.05) is 39.8 Å². The molecule has 0 unspecified atom stereocenters. The molecular formula is C42H76N2O8SSi3. The highest BCUT2D eigenvalue weighted by Crippen LogP contribution is 2.55. The highest BCUT2D eigenvalue weighted by molar-refractivity contribution is 7.87. The summed E-state index contributed by atoms with van der Waals surface area (Å²) in [5.74, 6) is -0.375. The summed E-state index contributed by atoms with van der Waals surface area (Å²) in [4.78, 5) is 18.5. The van der Waals surface area contributed by atoms with E-state index in [9.17, 15) is 18.3 Å². The van der Waals surface area contributed by atoms with Gasteiger partial charge >= 0.3 is 15.8 Å². The first-order valence-electron chi connectivity index (χ1n) is 20.4. The minimum Gasteiger partial charge on any atom is -0.414 e. The molecule has 0 aliphatic carbocycles. The van der Waals surface area contributed by atoms with Crippen LogP contribution in [0.4, 0.5) is 0 Å². The fraction of sp³-hybridized carbons (Fsp3) is 0.762. The van der Waals surface area contributed by atoms with Crippen LogP contribution in [-0.4, -0.2) is 71.8 Å². The average molecular weight is 853 g/mol. The molecule has 0 radical (unpaired) electrons. The Morgan fingerprint density at radius 3 is 1.70 bits per heavy atom. The second kappa shape index (κ2) is 16.1. The van der Waals surface area contributed by atoms with E-state index in [1.54, 1.807) is 0 Å². The third-order valence-electron chi connectivity index (χ3n) is 13.6. The number of aromatic nitrogens is 2. The molecule has 2 heterocycles. The van der Waals surface area contributed by atoms with E-state index < -0.39 is 64.2 Å². The van der Waals surface area contributed by atoms with Gasteiger partial charge in [-0.2, -0.15) is 13.4 Å². The molecule has 14 heteroatoms. The molecule has 1 aliphatic heterocycles. The molecule has 3 rings (SSSR count). The van der Waals surface area contributed by atoms with Crippen LogP contribution >= 0.6 is 0 Å². The maximum atomic E-state index is 14.2. The molecule has 0 spiro atoms. The monoisotopic (exact) mass is 852 g/mol. The summed E-state index contributed by atoms with van der Waals surface area (Å²) in [6, 6.07) is 5.25. The van der Waals surface area contributed by atoms with Gasteiger partial charge in [-0.3, -0.25) is 4.57 Å². The van der Waals surface area contributed by atoms with Crippen LogP contribution in [0.1, 0.15) is 145 Å². The van der Waals surface area contributed by atoms with Crippen LogP contribution in [0.2, 0.25) is 54.4 Å². The Bertz CT molecular complexity index is 1860. The third kappa shape index (κ3) is 9.37. The second-order valence-electron chi connectivity index (χ2n) is 21.6. The largest absolute Gasteiger partial charge is 0.414 e. The van der Waals surface area contributed by atoms with Gasteiger partial charge in [0.05, 0.1) is 14.7 Å². The second-order valence-corrected chi connectivity index (χ2v) is 38.2. The van der Waals surface area contributed by atoms with Crippen molar-refractivity contribution in [2.24, 2.45) is 0 Å². The van der Waals surface area contributed by atoms with Crippen molar-refractivity contribution in [3.05, 3.63) is 51.6 Å². The van der Waals surface area contributed by atoms with E-state index in [0.29, 0.717) is 11.1 Å². The Labute approximate surface area is 342 Å². The zero-order chi connectivity index (χ0) is 43.6. The number of benzene rings is 1. The lowest BCUT2D eigenvalue weighted by Crippen LogP contribution is -2.70. The van der Waals surface area contributed by atoms with Gasteiger partial charge in [0.15, 0.2) is 22.9 Å². The van der Waals surface area contributed by atoms with E-state index in [4.69, 9.17) is 17.8 Å². The standard InChI is InChI=1S/C42H76N2O8SSi3/c1-27(2)30-24-31(28(3)4)35(32(25-30)29(5)6)53(47,48)51-34-22-23-44(38(45)43-34)37-42(46,54(16,17)39(7,8)9)36(52-56(20,21)41(13,14)15)33(50-37)26-49-55(18,19)40(10,11)12/h22-25,27-29,33,36-37,46H,26H2,1-21H3/t33-,36-,37-,42+/m1/s1. The van der Waals surface area contributed by atoms with Gasteiger partial charge < -0.3 is 22.9 Å². The minimum atomic E-state index is -4.42. The molecule has 320 valence electrons. The Kier molecular flexibility index (Phi) is 14.0. The maximum absolute atomic E-state index is 14.2. The number of nitrogens with zero attached hydrogens (tertiary/aromatic N) is 2. The number of hydrogen-bond acceptors (Lipinski definition) is 9. The summed E-state index contributed by atoms with van der Waals surface area (Å²) in [6.45, 7) is 44.4. The molecule has 10 nitrogen and oxygen atoms in total. The first-order valence-corrected chi connectivity index (χ1v) is 30.6. The maximum Gasteiger partial charge on any atom is 0.353 e. The molecule has 1 aliphatic rings. The molecule has 0 amide bonds. The zero-order valence-electron chi connectivity index (χ0n) is 38.6. The van der Waals surface area contributed by atoms with Crippen LogP contribution < -0.4 is 9.87 Å². The first-order chi connectivity index (χ1) is 24.9. The van der Waals surface area contributed by atoms with E-state index in [0.717, 1.165) is 5.56 Å². The summed E-state index contributed by atoms with van der Waals surface area (Å²) in [5.41, 5.74) is 1.56. The van der Waals surface area contributed by atoms with Crippen LogP contribution in [0.3, 0.4) is 0 Å². The lowest BCUT2D eigenvalue weighted by molar-refractivity contribution is -0.0707. The molecule has 56 heavy (non-hydrogen) atoms. The Hall–Kier alpha value is -1.66. The van der Waals surface area contributed by atoms with Crippen molar-refractivity contribution in [1.29, 1.82) is 0 Å². The molecule has 0 bridgehead atoms. The lowest BCUT2D eigenvalue weighted by atomic mass is 9.89. The smallest absolute Gasteiger partial charge is 0.353 e. The molecule has 0 saturated carbocycles. The fourth-order valence-electron chi connectivity index (χ4n) is 6.56. The number of rotatable bonds is 13. The number of ether oxygens (including phenoxy) is 1. The SMILES string of the molecule is CC(C)c1cc(C(C)C)c(S(=O)(=O)Oc2ccn([C@@H]3O[C@H](CO[Si](C)(C)C(C)(C)C)[C@@H](O[Si](C)(C)C(C)(C)C)[C@]3(O)[Si](C)(C)C(C)(C)C)c(=O)n2)c(C(C)C)c1. The van der Waals surface area contributed by atoms with Gasteiger partial charge in [0, 0.05) is 12.3 Å². The van der Waals surface area contributed by atoms with E-state index >= 15 is 0 Å². The quantitative estimate of drug-likeness (QED) is 0.155. The van der Waals surface area contributed by atoms with Gasteiger partial charge in [0.2, 0.25) is 5.88 Å². The number of aliphatic hydroxyl groups is 1. The van der Waals surface area contributed by atoms with Crippen molar-refractivity contribution in [2.45, 2.75) is 205 Å². The van der Waals surface area contributed by atoms with Gasteiger partial charge in [0.1, 0.15) is 22.3 Å². The minimum absolute atomic E-state index is 0.0735. The Balaban J connectivity index is 2.26. The highest BCUT2D eigenvalue weighted by atomic mass is 32.2. The van der Waals surface area contributed by atoms with Crippen molar-refractivity contribution in [1.82, 2.24) is 9.55 Å². The van der Waals surface area contributed by atoms with Gasteiger partial charge in [-0.05, 0) is 75.7 Å². The van der Waals surface area contributed by atoms with E-state index in [2.05, 4.69) is 120 Å². The Morgan fingerprint density at radius 1 is 0.821 bits per heavy atom. The lowest BCUT2D eigenvalue weighted by Gasteiger charge is -2.53. The number of hydrogen-bond donors (Lipinski definition) is 1. The molecule has 2 aromatic rings. The normalized spacial score (nSPS) is 22.1. The van der Waals surface area contributed by atoms with Crippen molar-refractivity contribution >= 4 is 34.8 Å². The summed E-state index contributed by atoms with van der Waals surface area (Å²) in [5, 5.41) is 11.3. The molecule has 1 aromatic carbocycles. The first kappa shape index (κ1) is 48.7. The van der Waals surface area contributed by atoms with Gasteiger partial charge in [0.25, 0.3) is 0 Å².